The lowest BCUT2D eigenvalue weighted by Crippen LogP contribution is -2.66. The monoisotopic (exact) mass is 805 g/mol. The number of piperidine rings is 1. The van der Waals surface area contributed by atoms with Gasteiger partial charge >= 0.3 is 5.97 Å². The van der Waals surface area contributed by atoms with Crippen LogP contribution in [0.25, 0.3) is 0 Å². The van der Waals surface area contributed by atoms with Crippen LogP contribution in [0.5, 0.6) is 0 Å². The SMILES string of the molecule is C=CC[C@H]1/C=C(/C)C[C@@H](C)C[C@@H](OC)[C@@H]2O[C@@](O)(C(O)C(=O)N3CCCC[C@H]3C(=O)OC(/C(C)=C/[C@H]3CC[C@@H](O)C(OC)C3)[C@@H](C)[C@H](O)CC1=O)[C@H](C)C[C@@H]2OC. The van der Waals surface area contributed by atoms with Crippen molar-refractivity contribution in [3.05, 3.63) is 36.0 Å². The molecule has 13 heteroatoms. The van der Waals surface area contributed by atoms with Crippen LogP contribution in [0.2, 0.25) is 0 Å². The number of hydrogen-bond donors (Lipinski definition) is 4. The van der Waals surface area contributed by atoms with Crippen molar-refractivity contribution in [2.75, 3.05) is 27.9 Å². The minimum absolute atomic E-state index is 0.000937. The Morgan fingerprint density at radius 1 is 0.930 bits per heavy atom. The van der Waals surface area contributed by atoms with Crippen LogP contribution in [0.3, 0.4) is 0 Å². The highest BCUT2D eigenvalue weighted by Gasteiger charge is 2.56. The van der Waals surface area contributed by atoms with Crippen molar-refractivity contribution in [3.63, 3.8) is 0 Å². The highest BCUT2D eigenvalue weighted by molar-refractivity contribution is 5.88. The Morgan fingerprint density at radius 2 is 1.60 bits per heavy atom. The Hall–Kier alpha value is -2.49. The molecule has 3 unspecified atom stereocenters. The van der Waals surface area contributed by atoms with Crippen LogP contribution < -0.4 is 0 Å². The predicted molar refractivity (Wildman–Crippen MR) is 214 cm³/mol. The Bertz CT molecular complexity index is 1430. The third-order valence-corrected chi connectivity index (χ3v) is 13.0. The maximum absolute atomic E-state index is 14.3. The summed E-state index contributed by atoms with van der Waals surface area (Å²) in [7, 11) is 4.66. The zero-order valence-corrected chi connectivity index (χ0v) is 35.5. The van der Waals surface area contributed by atoms with Crippen LogP contribution in [0.15, 0.2) is 36.0 Å². The van der Waals surface area contributed by atoms with E-state index >= 15 is 0 Å². The number of carbonyl (C=O) groups excluding carboxylic acids is 3. The molecule has 4 rings (SSSR count). The Balaban J connectivity index is 1.77. The number of methoxy groups -OCH3 is 3. The lowest BCUT2D eigenvalue weighted by Gasteiger charge is -2.49. The fourth-order valence-electron chi connectivity index (χ4n) is 9.57. The van der Waals surface area contributed by atoms with Crippen LogP contribution in [0.4, 0.5) is 0 Å². The molecule has 57 heavy (non-hydrogen) atoms. The number of nitrogens with zero attached hydrogens (tertiary/aromatic N) is 1. The summed E-state index contributed by atoms with van der Waals surface area (Å²) in [4.78, 5) is 43.8. The molecule has 4 N–H and O–H groups in total. The molecule has 2 bridgehead atoms. The molecule has 1 amide bonds. The van der Waals surface area contributed by atoms with Gasteiger partial charge in [0.05, 0.1) is 30.5 Å². The number of carbonyl (C=O) groups is 3. The number of allylic oxidation sites excluding steroid dienone is 4. The number of Topliss-reactive ketones (excluding diaryl/α,β-unsaturated/α-hetero) is 1. The van der Waals surface area contributed by atoms with Crippen molar-refractivity contribution in [3.8, 4) is 0 Å². The van der Waals surface area contributed by atoms with Crippen molar-refractivity contribution < 1.29 is 58.5 Å². The molecule has 0 spiro atoms. The van der Waals surface area contributed by atoms with Gasteiger partial charge in [-0.3, -0.25) is 9.59 Å². The molecule has 0 aromatic heterocycles. The van der Waals surface area contributed by atoms with Gasteiger partial charge in [-0.2, -0.15) is 0 Å². The average Bonchev–Trinajstić information content (AvgIpc) is 3.18. The third-order valence-electron chi connectivity index (χ3n) is 13.0. The Kier molecular flexibility index (Phi) is 17.5. The number of fused-ring (bicyclic) bond motifs is 3. The van der Waals surface area contributed by atoms with Gasteiger partial charge < -0.3 is 49.0 Å². The number of ketones is 1. The summed E-state index contributed by atoms with van der Waals surface area (Å²) >= 11 is 0. The summed E-state index contributed by atoms with van der Waals surface area (Å²) in [6, 6.07) is -1.08. The van der Waals surface area contributed by atoms with E-state index in [0.717, 1.165) is 5.57 Å². The van der Waals surface area contributed by atoms with Gasteiger partial charge in [0.25, 0.3) is 5.91 Å². The van der Waals surface area contributed by atoms with E-state index in [0.29, 0.717) is 56.9 Å². The molecule has 3 heterocycles. The van der Waals surface area contributed by atoms with Gasteiger partial charge in [0.1, 0.15) is 24.0 Å². The third kappa shape index (κ3) is 11.4. The van der Waals surface area contributed by atoms with Crippen LogP contribution in [0, 0.1) is 29.6 Å². The first kappa shape index (κ1) is 47.2. The zero-order chi connectivity index (χ0) is 42.2. The van der Waals surface area contributed by atoms with Gasteiger partial charge in [0.15, 0.2) is 6.10 Å². The quantitative estimate of drug-likeness (QED) is 0.210. The maximum Gasteiger partial charge on any atom is 0.329 e. The van der Waals surface area contributed by atoms with E-state index in [1.54, 1.807) is 41.3 Å². The Labute approximate surface area is 339 Å². The number of cyclic esters (lactones) is 1. The fourth-order valence-corrected chi connectivity index (χ4v) is 9.57. The second kappa shape index (κ2) is 21.2. The first-order chi connectivity index (χ1) is 27.0. The number of amides is 1. The molecule has 3 fully saturated rings. The van der Waals surface area contributed by atoms with Crippen molar-refractivity contribution in [2.45, 2.75) is 166 Å². The second-order valence-electron chi connectivity index (χ2n) is 17.4. The van der Waals surface area contributed by atoms with E-state index in [2.05, 4.69) is 13.5 Å². The van der Waals surface area contributed by atoms with Gasteiger partial charge in [-0.1, -0.05) is 44.6 Å². The number of hydrogen-bond acceptors (Lipinski definition) is 12. The normalized spacial score (nSPS) is 42.2. The van der Waals surface area contributed by atoms with E-state index in [-0.39, 0.29) is 49.5 Å². The van der Waals surface area contributed by atoms with Crippen molar-refractivity contribution in [1.29, 1.82) is 0 Å². The molecule has 15 atom stereocenters. The van der Waals surface area contributed by atoms with Gasteiger partial charge in [0, 0.05) is 52.0 Å². The minimum atomic E-state index is -2.32. The topological polar surface area (TPSA) is 182 Å². The smallest absolute Gasteiger partial charge is 0.329 e. The van der Waals surface area contributed by atoms with Crippen LogP contribution in [-0.2, 0) is 38.1 Å². The molecule has 324 valence electrons. The molecule has 2 saturated heterocycles. The van der Waals surface area contributed by atoms with Crippen LogP contribution >= 0.6 is 0 Å². The van der Waals surface area contributed by atoms with E-state index < -0.39 is 84.2 Å². The molecular formula is C44H71NO12. The molecular weight excluding hydrogens is 734 g/mol. The molecule has 4 aliphatic rings. The fraction of sp³-hybridized carbons (Fsp3) is 0.795. The maximum atomic E-state index is 14.3. The van der Waals surface area contributed by atoms with Gasteiger partial charge in [-0.05, 0) is 95.5 Å². The first-order valence-corrected chi connectivity index (χ1v) is 21.0. The standard InChI is InChI=1S/C44H71NO12/c1-10-13-31-19-25(2)18-26(3)20-37(54-8)40-38(55-9)22-28(5)44(52,57-40)41(49)42(50)45-17-12-11-14-32(45)43(51)56-39(29(6)34(47)24-35(31)48)27(4)21-30-15-16-33(46)36(23-30)53-7/h10,19,21,26,28-34,36-41,46-47,49,52H,1,11-18,20,22-24H2,2-9H3/b25-19-,27-21+/t26-,28-,29+,30-,31+,32+,33-,34-,36?,37-,38+,39?,40+,41?,44-/m1/s1. The largest absolute Gasteiger partial charge is 0.456 e. The molecule has 1 saturated carbocycles. The number of rotatable bonds is 7. The molecule has 0 aromatic carbocycles. The zero-order valence-electron chi connectivity index (χ0n) is 35.5. The summed E-state index contributed by atoms with van der Waals surface area (Å²) in [5.41, 5.74) is 1.64. The number of esters is 1. The van der Waals surface area contributed by atoms with E-state index in [1.807, 2.05) is 26.0 Å². The molecule has 0 radical (unpaired) electrons. The molecule has 0 aromatic rings. The lowest BCUT2D eigenvalue weighted by molar-refractivity contribution is -0.346. The van der Waals surface area contributed by atoms with E-state index in [9.17, 15) is 34.8 Å². The minimum Gasteiger partial charge on any atom is -0.456 e. The number of aliphatic hydroxyl groups is 4. The van der Waals surface area contributed by atoms with E-state index in [1.165, 1.54) is 4.90 Å². The second-order valence-corrected chi connectivity index (χ2v) is 17.4. The number of aliphatic hydroxyl groups excluding tert-OH is 3. The highest BCUT2D eigenvalue weighted by atomic mass is 16.7. The summed E-state index contributed by atoms with van der Waals surface area (Å²) < 4.78 is 29.9. The average molecular weight is 806 g/mol. The number of ether oxygens (including phenoxy) is 5. The van der Waals surface area contributed by atoms with E-state index in [4.69, 9.17) is 23.7 Å². The molecule has 13 nitrogen and oxygen atoms in total. The van der Waals surface area contributed by atoms with Gasteiger partial charge in [0.2, 0.25) is 5.79 Å². The summed E-state index contributed by atoms with van der Waals surface area (Å²) in [5.74, 6) is -5.99. The van der Waals surface area contributed by atoms with Gasteiger partial charge in [-0.25, -0.2) is 4.79 Å². The molecule has 3 aliphatic heterocycles. The first-order valence-electron chi connectivity index (χ1n) is 21.0. The summed E-state index contributed by atoms with van der Waals surface area (Å²) in [6.45, 7) is 13.3. The van der Waals surface area contributed by atoms with Crippen LogP contribution in [-0.4, -0.2) is 132 Å². The molecule has 1 aliphatic carbocycles. The Morgan fingerprint density at radius 3 is 2.25 bits per heavy atom. The van der Waals surface area contributed by atoms with Crippen LogP contribution in [0.1, 0.15) is 105 Å². The highest BCUT2D eigenvalue weighted by Crippen LogP contribution is 2.40. The predicted octanol–water partition coefficient (Wildman–Crippen LogP) is 4.43. The summed E-state index contributed by atoms with van der Waals surface area (Å²) in [5, 5.41) is 46.0. The van der Waals surface area contributed by atoms with Crippen molar-refractivity contribution in [1.82, 2.24) is 4.90 Å². The van der Waals surface area contributed by atoms with Gasteiger partial charge in [-0.15, -0.1) is 6.58 Å². The lowest BCUT2D eigenvalue weighted by atomic mass is 9.81. The van der Waals surface area contributed by atoms with Crippen molar-refractivity contribution >= 4 is 17.7 Å². The van der Waals surface area contributed by atoms with Crippen molar-refractivity contribution in [2.24, 2.45) is 29.6 Å². The summed E-state index contributed by atoms with van der Waals surface area (Å²) in [6.07, 6.45) is 3.39.